The van der Waals surface area contributed by atoms with E-state index in [1.165, 1.54) is 5.56 Å². The van der Waals surface area contributed by atoms with Crippen molar-refractivity contribution < 1.29 is 9.53 Å². The lowest BCUT2D eigenvalue weighted by molar-refractivity contribution is -0.140. The second-order valence-corrected chi connectivity index (χ2v) is 7.71. The number of likely N-dealkylation sites (tertiary alicyclic amines) is 1. The molecule has 5 heteroatoms. The summed E-state index contributed by atoms with van der Waals surface area (Å²) in [5, 5.41) is 12.1. The second-order valence-electron chi connectivity index (χ2n) is 7.71. The molecule has 0 unspecified atom stereocenters. The Morgan fingerprint density at radius 3 is 2.52 bits per heavy atom. The molecule has 25 heavy (non-hydrogen) atoms. The molecule has 1 N–H and O–H groups in total. The molecule has 1 aromatic carbocycles. The van der Waals surface area contributed by atoms with E-state index in [2.05, 4.69) is 30.1 Å². The minimum atomic E-state index is -0.817. The molecule has 0 radical (unpaired) electrons. The van der Waals surface area contributed by atoms with E-state index in [1.807, 2.05) is 24.3 Å². The maximum atomic E-state index is 12.5. The summed E-state index contributed by atoms with van der Waals surface area (Å²) in [7, 11) is 1.56. The molecule has 1 aliphatic rings. The fourth-order valence-electron chi connectivity index (χ4n) is 3.25. The molecule has 0 aromatic heterocycles. The predicted octanol–water partition coefficient (Wildman–Crippen LogP) is 2.56. The molecule has 2 atom stereocenters. The third-order valence-electron chi connectivity index (χ3n) is 5.16. The van der Waals surface area contributed by atoms with E-state index in [-0.39, 0.29) is 11.9 Å². The van der Waals surface area contributed by atoms with Crippen LogP contribution < -0.4 is 5.32 Å². The van der Waals surface area contributed by atoms with E-state index >= 15 is 0 Å². The van der Waals surface area contributed by atoms with Gasteiger partial charge in [-0.15, -0.1) is 0 Å². The van der Waals surface area contributed by atoms with Gasteiger partial charge in [0.2, 0.25) is 0 Å². The molecule has 1 saturated heterocycles. The number of nitriles is 1. The molecule has 1 heterocycles. The van der Waals surface area contributed by atoms with Gasteiger partial charge in [-0.25, -0.2) is 0 Å². The summed E-state index contributed by atoms with van der Waals surface area (Å²) < 4.78 is 5.30. The molecular formula is C20H29N3O2. The Labute approximate surface area is 151 Å². The highest BCUT2D eigenvalue weighted by atomic mass is 16.5. The molecule has 0 saturated carbocycles. The molecule has 5 nitrogen and oxygen atoms in total. The minimum absolute atomic E-state index is 0.0640. The van der Waals surface area contributed by atoms with Gasteiger partial charge in [-0.3, -0.25) is 9.69 Å². The molecule has 1 aliphatic heterocycles. The molecule has 1 aromatic rings. The molecule has 0 bridgehead atoms. The highest BCUT2D eigenvalue weighted by molar-refractivity contribution is 5.84. The highest BCUT2D eigenvalue weighted by Gasteiger charge is 2.38. The number of carbonyl (C=O) groups excluding carboxylic acids is 1. The van der Waals surface area contributed by atoms with Gasteiger partial charge in [0.1, 0.15) is 5.60 Å². The van der Waals surface area contributed by atoms with Gasteiger partial charge in [-0.2, -0.15) is 5.26 Å². The van der Waals surface area contributed by atoms with Gasteiger partial charge in [0, 0.05) is 32.8 Å². The van der Waals surface area contributed by atoms with Gasteiger partial charge in [0.05, 0.1) is 11.6 Å². The van der Waals surface area contributed by atoms with Crippen LogP contribution in [0.25, 0.3) is 0 Å². The van der Waals surface area contributed by atoms with Crippen molar-refractivity contribution in [3.63, 3.8) is 0 Å². The molecular weight excluding hydrogens is 314 g/mol. The minimum Gasteiger partial charge on any atom is -0.369 e. The van der Waals surface area contributed by atoms with Crippen LogP contribution in [0.3, 0.4) is 0 Å². The van der Waals surface area contributed by atoms with Crippen LogP contribution in [-0.4, -0.2) is 42.6 Å². The number of rotatable bonds is 6. The highest BCUT2D eigenvalue weighted by Crippen LogP contribution is 2.26. The fourth-order valence-corrected chi connectivity index (χ4v) is 3.25. The van der Waals surface area contributed by atoms with Crippen molar-refractivity contribution in [2.75, 3.05) is 20.2 Å². The monoisotopic (exact) mass is 343 g/mol. The first-order chi connectivity index (χ1) is 11.8. The van der Waals surface area contributed by atoms with Crippen LogP contribution in [0.1, 0.15) is 38.8 Å². The van der Waals surface area contributed by atoms with Crippen LogP contribution in [0.4, 0.5) is 0 Å². The van der Waals surface area contributed by atoms with Gasteiger partial charge in [0.25, 0.3) is 5.91 Å². The van der Waals surface area contributed by atoms with E-state index in [0.717, 1.165) is 19.6 Å². The van der Waals surface area contributed by atoms with Crippen molar-refractivity contribution in [1.82, 2.24) is 10.2 Å². The van der Waals surface area contributed by atoms with E-state index in [0.29, 0.717) is 17.4 Å². The Bertz CT molecular complexity index is 631. The quantitative estimate of drug-likeness (QED) is 0.862. The summed E-state index contributed by atoms with van der Waals surface area (Å²) in [6.45, 7) is 10.6. The van der Waals surface area contributed by atoms with Gasteiger partial charge in [-0.05, 0) is 43.4 Å². The Hall–Kier alpha value is -1.90. The summed E-state index contributed by atoms with van der Waals surface area (Å²) in [5.74, 6) is 0.836. The van der Waals surface area contributed by atoms with E-state index < -0.39 is 5.60 Å². The molecule has 136 valence electrons. The van der Waals surface area contributed by atoms with Crippen LogP contribution in [0.2, 0.25) is 0 Å². The Morgan fingerprint density at radius 2 is 2.00 bits per heavy atom. The first-order valence-electron chi connectivity index (χ1n) is 8.84. The van der Waals surface area contributed by atoms with E-state index in [9.17, 15) is 4.79 Å². The van der Waals surface area contributed by atoms with Crippen molar-refractivity contribution >= 4 is 5.91 Å². The van der Waals surface area contributed by atoms with Crippen LogP contribution in [0, 0.1) is 23.2 Å². The summed E-state index contributed by atoms with van der Waals surface area (Å²) >= 11 is 0. The number of hydrogen-bond donors (Lipinski definition) is 1. The Kier molecular flexibility index (Phi) is 6.21. The summed E-state index contributed by atoms with van der Waals surface area (Å²) in [6.07, 6.45) is 0. The summed E-state index contributed by atoms with van der Waals surface area (Å²) in [6, 6.07) is 9.98. The fraction of sp³-hybridized carbons (Fsp3) is 0.600. The number of nitrogens with zero attached hydrogens (tertiary/aromatic N) is 2. The number of nitrogens with one attached hydrogen (secondary N) is 1. The molecule has 1 fully saturated rings. The normalized spacial score (nSPS) is 21.3. The lowest BCUT2D eigenvalue weighted by Crippen LogP contribution is -2.51. The maximum absolute atomic E-state index is 12.5. The molecule has 1 amide bonds. The third kappa shape index (κ3) is 4.81. The lowest BCUT2D eigenvalue weighted by atomic mass is 9.91. The molecule has 2 rings (SSSR count). The van der Waals surface area contributed by atoms with Crippen LogP contribution in [0.15, 0.2) is 24.3 Å². The number of carbonyl (C=O) groups is 1. The SMILES string of the molecule is COC(C)(C)C(=O)N[C@@H]1CN(Cc2ccc(C#N)cc2)C[C@H]1C(C)C. The number of methoxy groups -OCH3 is 1. The zero-order chi connectivity index (χ0) is 18.6. The maximum Gasteiger partial charge on any atom is 0.251 e. The summed E-state index contributed by atoms with van der Waals surface area (Å²) in [5.41, 5.74) is 1.05. The zero-order valence-electron chi connectivity index (χ0n) is 15.9. The number of amides is 1. The van der Waals surface area contributed by atoms with Crippen molar-refractivity contribution in [2.45, 2.75) is 45.9 Å². The smallest absolute Gasteiger partial charge is 0.251 e. The van der Waals surface area contributed by atoms with Crippen molar-refractivity contribution in [3.8, 4) is 6.07 Å². The summed E-state index contributed by atoms with van der Waals surface area (Å²) in [4.78, 5) is 14.8. The van der Waals surface area contributed by atoms with Crippen molar-refractivity contribution in [3.05, 3.63) is 35.4 Å². The van der Waals surface area contributed by atoms with Crippen molar-refractivity contribution in [2.24, 2.45) is 11.8 Å². The van der Waals surface area contributed by atoms with Gasteiger partial charge in [-0.1, -0.05) is 26.0 Å². The largest absolute Gasteiger partial charge is 0.369 e. The molecule has 0 spiro atoms. The second kappa shape index (κ2) is 7.99. The number of benzene rings is 1. The van der Waals surface area contributed by atoms with Gasteiger partial charge in [0.15, 0.2) is 0 Å². The van der Waals surface area contributed by atoms with E-state index in [1.54, 1.807) is 21.0 Å². The van der Waals surface area contributed by atoms with E-state index in [4.69, 9.17) is 10.00 Å². The first kappa shape index (κ1) is 19.4. The predicted molar refractivity (Wildman–Crippen MR) is 97.8 cm³/mol. The zero-order valence-corrected chi connectivity index (χ0v) is 15.9. The number of ether oxygens (including phenoxy) is 1. The number of hydrogen-bond acceptors (Lipinski definition) is 4. The molecule has 0 aliphatic carbocycles. The standard InChI is InChI=1S/C20H29N3O2/c1-14(2)17-12-23(11-16-8-6-15(10-21)7-9-16)13-18(17)22-19(24)20(3,4)25-5/h6-9,14,17-18H,11-13H2,1-5H3,(H,22,24)/t17-,18+/m0/s1. The average molecular weight is 343 g/mol. The lowest BCUT2D eigenvalue weighted by Gasteiger charge is -2.28. The van der Waals surface area contributed by atoms with Gasteiger partial charge >= 0.3 is 0 Å². The average Bonchev–Trinajstić information content (AvgIpc) is 2.98. The van der Waals surface area contributed by atoms with Crippen molar-refractivity contribution in [1.29, 1.82) is 5.26 Å². The Balaban J connectivity index is 2.03. The van der Waals surface area contributed by atoms with Crippen LogP contribution >= 0.6 is 0 Å². The van der Waals surface area contributed by atoms with Crippen LogP contribution in [0.5, 0.6) is 0 Å². The Morgan fingerprint density at radius 1 is 1.36 bits per heavy atom. The third-order valence-corrected chi connectivity index (χ3v) is 5.16. The topological polar surface area (TPSA) is 65.4 Å². The van der Waals surface area contributed by atoms with Crippen LogP contribution in [-0.2, 0) is 16.1 Å². The van der Waals surface area contributed by atoms with Gasteiger partial charge < -0.3 is 10.1 Å². The first-order valence-corrected chi connectivity index (χ1v) is 8.84.